The molecule has 0 aliphatic rings. The van der Waals surface area contributed by atoms with Gasteiger partial charge in [-0.1, -0.05) is 111 Å². The van der Waals surface area contributed by atoms with Crippen LogP contribution in [0.25, 0.3) is 50.0 Å². The molecule has 8 aromatic rings. The molecule has 6 nitrogen and oxygen atoms in total. The molecule has 6 heteroatoms. The van der Waals surface area contributed by atoms with Crippen LogP contribution in [-0.4, -0.2) is 19.1 Å². The summed E-state index contributed by atoms with van der Waals surface area (Å²) in [5, 5.41) is 2.12. The number of para-hydroxylation sites is 3. The number of aromatic nitrogens is 5. The van der Waals surface area contributed by atoms with Crippen molar-refractivity contribution < 1.29 is 13.4 Å². The van der Waals surface area contributed by atoms with E-state index in [1.807, 2.05) is 59.3 Å². The number of pyridine rings is 2. The Kier molecular flexibility index (Phi) is 7.46. The molecule has 0 saturated heterocycles. The molecule has 0 aliphatic carbocycles. The molecule has 54 heavy (non-hydrogen) atoms. The predicted molar refractivity (Wildman–Crippen MR) is 221 cm³/mol. The molecule has 4 aromatic carbocycles. The maximum absolute atomic E-state index is 8.42. The molecule has 8 rings (SSSR count). The average Bonchev–Trinajstić information content (AvgIpc) is 3.69. The summed E-state index contributed by atoms with van der Waals surface area (Å²) in [6.45, 7) is 17.4. The zero-order valence-corrected chi connectivity index (χ0v) is 32.6. The smallest absolute Gasteiger partial charge is 0.269 e. The van der Waals surface area contributed by atoms with Crippen LogP contribution in [0.15, 0.2) is 116 Å². The molecule has 0 spiro atoms. The summed E-state index contributed by atoms with van der Waals surface area (Å²) in [5.74, 6) is 1.42. The Bertz CT molecular complexity index is 2790. The first-order valence-corrected chi connectivity index (χ1v) is 18.6. The molecular formula is C48H49N5O. The highest BCUT2D eigenvalue weighted by molar-refractivity contribution is 6.09. The second kappa shape index (κ2) is 12.7. The zero-order valence-electron chi connectivity index (χ0n) is 35.6. The number of hydrogen-bond acceptors (Lipinski definition) is 3. The molecule has 0 bridgehead atoms. The van der Waals surface area contributed by atoms with Gasteiger partial charge in [-0.3, -0.25) is 18.7 Å². The predicted octanol–water partition coefficient (Wildman–Crippen LogP) is 11.6. The number of imidazole rings is 1. The average molecular weight is 715 g/mol. The molecule has 4 aromatic heterocycles. The fourth-order valence-electron chi connectivity index (χ4n) is 7.08. The Balaban J connectivity index is 1.28. The van der Waals surface area contributed by atoms with Gasteiger partial charge in [0.1, 0.15) is 17.3 Å². The fraction of sp³-hybridized carbons (Fsp3) is 0.271. The van der Waals surface area contributed by atoms with Crippen molar-refractivity contribution in [3.8, 4) is 28.7 Å². The van der Waals surface area contributed by atoms with Gasteiger partial charge in [-0.2, -0.15) is 0 Å². The zero-order chi connectivity index (χ0) is 40.7. The van der Waals surface area contributed by atoms with E-state index in [0.29, 0.717) is 11.4 Å². The van der Waals surface area contributed by atoms with Crippen molar-refractivity contribution in [1.29, 1.82) is 0 Å². The molecule has 0 unspecified atom stereocenters. The van der Waals surface area contributed by atoms with Crippen LogP contribution < -0.4 is 9.30 Å². The number of nitrogens with zero attached hydrogens (tertiary/aromatic N) is 5. The van der Waals surface area contributed by atoms with Gasteiger partial charge in [0.15, 0.2) is 0 Å². The summed E-state index contributed by atoms with van der Waals surface area (Å²) in [6.07, 6.45) is 7.04. The van der Waals surface area contributed by atoms with E-state index in [1.54, 1.807) is 12.3 Å². The summed E-state index contributed by atoms with van der Waals surface area (Å²) in [4.78, 5) is 9.36. The first kappa shape index (κ1) is 31.7. The van der Waals surface area contributed by atoms with Crippen molar-refractivity contribution >= 4 is 32.8 Å². The Morgan fingerprint density at radius 1 is 0.648 bits per heavy atom. The maximum atomic E-state index is 8.42. The van der Waals surface area contributed by atoms with Gasteiger partial charge >= 0.3 is 0 Å². The number of benzene rings is 4. The minimum Gasteiger partial charge on any atom is -0.456 e. The van der Waals surface area contributed by atoms with Gasteiger partial charge in [0, 0.05) is 33.3 Å². The van der Waals surface area contributed by atoms with Crippen molar-refractivity contribution in [3.63, 3.8) is 0 Å². The van der Waals surface area contributed by atoms with Crippen LogP contribution in [-0.2, 0) is 16.2 Å². The highest BCUT2D eigenvalue weighted by Gasteiger charge is 2.23. The quantitative estimate of drug-likeness (QED) is 0.132. The lowest BCUT2D eigenvalue weighted by molar-refractivity contribution is -0.572. The first-order chi connectivity index (χ1) is 26.8. The molecule has 0 saturated carbocycles. The van der Waals surface area contributed by atoms with Gasteiger partial charge in [0.2, 0.25) is 0 Å². The third-order valence-electron chi connectivity index (χ3n) is 10.3. The third kappa shape index (κ3) is 6.34. The molecule has 0 fully saturated rings. The SMILES string of the molecule is [2H]C([2H])([2H])c1ncc(-n2[c-][n+](-c3cc(C(C)(C)C)cc(C(C)(C)C)c3)c3ccccc32)cc1Oc1ccc2c3ccccc3n(-c3cc(C(C)(C)C)ccn3)c2c1. The molecular weight excluding hydrogens is 663 g/mol. The van der Waals surface area contributed by atoms with E-state index in [0.717, 1.165) is 44.3 Å². The molecule has 0 atom stereocenters. The van der Waals surface area contributed by atoms with Gasteiger partial charge in [0.05, 0.1) is 39.1 Å². The molecule has 0 N–H and O–H groups in total. The summed E-state index contributed by atoms with van der Waals surface area (Å²) >= 11 is 0. The second-order valence-corrected chi connectivity index (χ2v) is 17.4. The standard InChI is InChI=1S/C48H49N5O/c1-31-44(54-37-19-20-39-38-15-11-12-16-40(38)53(43(39)28-37)45-26-32(21-22-49-45)46(2,3)4)27-36(29-50-31)52-30-51(41-17-13-14-18-42(41)52)35-24-33(47(5,6)7)23-34(25-35)48(8,9)10/h11-29H,1-10H3/i1D3. The Morgan fingerprint density at radius 3 is 2.02 bits per heavy atom. The van der Waals surface area contributed by atoms with E-state index in [4.69, 9.17) is 13.8 Å². The van der Waals surface area contributed by atoms with E-state index < -0.39 is 6.85 Å². The minimum absolute atomic E-state index is 0.0675. The summed E-state index contributed by atoms with van der Waals surface area (Å²) in [6, 6.07) is 35.0. The van der Waals surface area contributed by atoms with Gasteiger partial charge in [-0.25, -0.2) is 4.98 Å². The maximum Gasteiger partial charge on any atom is 0.269 e. The molecule has 0 aliphatic heterocycles. The van der Waals surface area contributed by atoms with Crippen LogP contribution in [0.2, 0.25) is 0 Å². The largest absolute Gasteiger partial charge is 0.456 e. The molecule has 0 radical (unpaired) electrons. The fourth-order valence-corrected chi connectivity index (χ4v) is 7.08. The van der Waals surface area contributed by atoms with E-state index in [9.17, 15) is 0 Å². The number of aryl methyl sites for hydroxylation is 1. The van der Waals surface area contributed by atoms with Crippen LogP contribution in [0.3, 0.4) is 0 Å². The van der Waals surface area contributed by atoms with Crippen LogP contribution in [0.1, 0.15) is 88.8 Å². The van der Waals surface area contributed by atoms with Crippen molar-refractivity contribution in [1.82, 2.24) is 19.1 Å². The van der Waals surface area contributed by atoms with Crippen molar-refractivity contribution in [3.05, 3.63) is 144 Å². The van der Waals surface area contributed by atoms with Gasteiger partial charge in [-0.15, -0.1) is 0 Å². The van der Waals surface area contributed by atoms with Crippen LogP contribution in [0.5, 0.6) is 11.5 Å². The lowest BCUT2D eigenvalue weighted by Crippen LogP contribution is -2.31. The minimum atomic E-state index is -2.52. The van der Waals surface area contributed by atoms with Crippen molar-refractivity contribution in [2.75, 3.05) is 0 Å². The summed E-state index contributed by atoms with van der Waals surface area (Å²) < 4.78 is 38.0. The number of rotatable bonds is 5. The highest BCUT2D eigenvalue weighted by Crippen LogP contribution is 2.37. The van der Waals surface area contributed by atoms with E-state index in [2.05, 4.69) is 131 Å². The van der Waals surface area contributed by atoms with Gasteiger partial charge in [-0.05, 0) is 88.3 Å². The second-order valence-electron chi connectivity index (χ2n) is 17.4. The van der Waals surface area contributed by atoms with Gasteiger partial charge < -0.3 is 4.74 Å². The van der Waals surface area contributed by atoms with Crippen molar-refractivity contribution in [2.45, 2.75) is 85.4 Å². The Morgan fingerprint density at radius 2 is 1.31 bits per heavy atom. The van der Waals surface area contributed by atoms with Gasteiger partial charge in [0.25, 0.3) is 6.33 Å². The van der Waals surface area contributed by atoms with Crippen molar-refractivity contribution in [2.24, 2.45) is 0 Å². The van der Waals surface area contributed by atoms with E-state index in [1.165, 1.54) is 16.7 Å². The monoisotopic (exact) mass is 714 g/mol. The summed E-state index contributed by atoms with van der Waals surface area (Å²) in [5.41, 5.74) is 8.67. The molecule has 272 valence electrons. The first-order valence-electron chi connectivity index (χ1n) is 20.1. The van der Waals surface area contributed by atoms with E-state index in [-0.39, 0.29) is 27.7 Å². The normalized spacial score (nSPS) is 13.7. The van der Waals surface area contributed by atoms with Crippen LogP contribution >= 0.6 is 0 Å². The Labute approximate surface area is 322 Å². The highest BCUT2D eigenvalue weighted by atomic mass is 16.5. The number of hydrogen-bond donors (Lipinski definition) is 0. The third-order valence-corrected chi connectivity index (χ3v) is 10.3. The summed E-state index contributed by atoms with van der Waals surface area (Å²) in [7, 11) is 0. The lowest BCUT2D eigenvalue weighted by atomic mass is 9.80. The number of fused-ring (bicyclic) bond motifs is 4. The Hall–Kier alpha value is -5.75. The lowest BCUT2D eigenvalue weighted by Gasteiger charge is -2.26. The molecule has 0 amide bonds. The topological polar surface area (TPSA) is 48.8 Å². The number of ether oxygens (including phenoxy) is 1. The molecule has 4 heterocycles. The van der Waals surface area contributed by atoms with Crippen LogP contribution in [0.4, 0.5) is 0 Å². The van der Waals surface area contributed by atoms with Crippen LogP contribution in [0, 0.1) is 13.2 Å². The van der Waals surface area contributed by atoms with E-state index >= 15 is 0 Å².